The molecule has 1 amide bonds. The second-order valence-corrected chi connectivity index (χ2v) is 4.63. The minimum absolute atomic E-state index is 0.0127. The van der Waals surface area contributed by atoms with Crippen LogP contribution in [-0.2, 0) is 16.5 Å². The highest BCUT2D eigenvalue weighted by Gasteiger charge is 2.17. The zero-order chi connectivity index (χ0) is 12.8. The number of amides is 1. The van der Waals surface area contributed by atoms with Crippen LogP contribution in [0.5, 0.6) is 5.75 Å². The van der Waals surface area contributed by atoms with Gasteiger partial charge in [-0.1, -0.05) is 25.0 Å². The van der Waals surface area contributed by atoms with Gasteiger partial charge in [-0.25, -0.2) is 5.11 Å². The topological polar surface area (TPSA) is 58.2 Å². The monoisotopic (exact) mass is 248 g/mol. The van der Waals surface area contributed by atoms with E-state index in [4.69, 9.17) is 4.74 Å². The molecule has 2 rings (SSSR count). The van der Waals surface area contributed by atoms with Gasteiger partial charge in [0.05, 0.1) is 0 Å². The molecule has 1 aromatic rings. The average Bonchev–Trinajstić information content (AvgIpc) is 2.89. The number of ether oxygens (including phenoxy) is 1. The zero-order valence-electron chi connectivity index (χ0n) is 10.4. The first-order valence-corrected chi connectivity index (χ1v) is 6.37. The minimum atomic E-state index is -0.272. The summed E-state index contributed by atoms with van der Waals surface area (Å²) in [5.41, 5.74) is 0.670. The van der Waals surface area contributed by atoms with E-state index < -0.39 is 0 Å². The molecule has 4 nitrogen and oxygen atoms in total. The molecule has 1 aliphatic rings. The molecule has 1 fully saturated rings. The highest BCUT2D eigenvalue weighted by atomic mass is 16.5. The van der Waals surface area contributed by atoms with Gasteiger partial charge in [0.25, 0.3) is 5.91 Å². The van der Waals surface area contributed by atoms with Crippen molar-refractivity contribution < 1.29 is 14.6 Å². The van der Waals surface area contributed by atoms with Crippen molar-refractivity contribution in [2.75, 3.05) is 6.61 Å². The molecule has 1 aliphatic carbocycles. The van der Waals surface area contributed by atoms with Crippen LogP contribution in [0, 0.1) is 0 Å². The molecule has 0 aliphatic heterocycles. The maximum atomic E-state index is 11.6. The zero-order valence-corrected chi connectivity index (χ0v) is 10.4. The Bertz CT molecular complexity index is 400. The van der Waals surface area contributed by atoms with E-state index in [1.807, 2.05) is 0 Å². The first-order chi connectivity index (χ1) is 8.78. The van der Waals surface area contributed by atoms with Gasteiger partial charge in [-0.2, -0.15) is 0 Å². The average molecular weight is 248 g/mol. The van der Waals surface area contributed by atoms with Gasteiger partial charge in [0, 0.05) is 6.04 Å². The van der Waals surface area contributed by atoms with Crippen LogP contribution >= 0.6 is 0 Å². The van der Waals surface area contributed by atoms with E-state index in [1.54, 1.807) is 24.3 Å². The van der Waals surface area contributed by atoms with Crippen LogP contribution in [0.25, 0.3) is 0 Å². The number of carbonyl (C=O) groups excluding carboxylic acids is 1. The molecular weight excluding hydrogens is 230 g/mol. The molecule has 0 atom stereocenters. The summed E-state index contributed by atoms with van der Waals surface area (Å²) in [6.07, 6.45) is 4.52. The van der Waals surface area contributed by atoms with Gasteiger partial charge in [0.15, 0.2) is 6.61 Å². The van der Waals surface area contributed by atoms with Crippen molar-refractivity contribution in [3.63, 3.8) is 0 Å². The van der Waals surface area contributed by atoms with Gasteiger partial charge in [0.1, 0.15) is 12.4 Å². The van der Waals surface area contributed by atoms with E-state index in [-0.39, 0.29) is 19.1 Å². The van der Waals surface area contributed by atoms with E-state index in [0.717, 1.165) is 12.8 Å². The van der Waals surface area contributed by atoms with Crippen LogP contribution < -0.4 is 10.1 Å². The van der Waals surface area contributed by atoms with E-state index in [1.165, 1.54) is 12.8 Å². The van der Waals surface area contributed by atoms with Crippen molar-refractivity contribution in [3.8, 4) is 5.75 Å². The molecule has 0 bridgehead atoms. The molecule has 1 N–H and O–H groups in total. The number of benzene rings is 1. The van der Waals surface area contributed by atoms with Gasteiger partial charge in [-0.05, 0) is 30.5 Å². The Balaban J connectivity index is 1.77. The number of rotatable bonds is 5. The second kappa shape index (κ2) is 6.40. The van der Waals surface area contributed by atoms with Crippen molar-refractivity contribution in [2.45, 2.75) is 38.3 Å². The van der Waals surface area contributed by atoms with Crippen molar-refractivity contribution in [1.29, 1.82) is 0 Å². The van der Waals surface area contributed by atoms with Gasteiger partial charge < -0.3 is 10.1 Å². The maximum Gasteiger partial charge on any atom is 0.258 e. The summed E-state index contributed by atoms with van der Waals surface area (Å²) in [6.45, 7) is -0.260. The van der Waals surface area contributed by atoms with Crippen molar-refractivity contribution in [3.05, 3.63) is 29.8 Å². The Morgan fingerprint density at radius 3 is 2.83 bits per heavy atom. The normalized spacial score (nSPS) is 15.6. The summed E-state index contributed by atoms with van der Waals surface area (Å²) in [5.74, 6) is 0.486. The third kappa shape index (κ3) is 3.74. The lowest BCUT2D eigenvalue weighted by molar-refractivity contribution is -0.123. The predicted octanol–water partition coefficient (Wildman–Crippen LogP) is 2.05. The lowest BCUT2D eigenvalue weighted by atomic mass is 10.2. The molecule has 0 spiro atoms. The molecule has 18 heavy (non-hydrogen) atoms. The van der Waals surface area contributed by atoms with Crippen molar-refractivity contribution in [1.82, 2.24) is 5.32 Å². The van der Waals surface area contributed by atoms with Crippen LogP contribution in [0.4, 0.5) is 0 Å². The van der Waals surface area contributed by atoms with Gasteiger partial charge in [-0.15, -0.1) is 0 Å². The number of nitrogens with one attached hydrogen (secondary N) is 1. The molecule has 0 unspecified atom stereocenters. The lowest BCUT2D eigenvalue weighted by Crippen LogP contribution is -2.36. The molecule has 1 aromatic carbocycles. The Labute approximate surface area is 107 Å². The molecule has 0 saturated heterocycles. The van der Waals surface area contributed by atoms with Crippen LogP contribution in [0.2, 0.25) is 0 Å². The Morgan fingerprint density at radius 2 is 2.11 bits per heavy atom. The predicted molar refractivity (Wildman–Crippen MR) is 66.7 cm³/mol. The smallest absolute Gasteiger partial charge is 0.258 e. The first-order valence-electron chi connectivity index (χ1n) is 6.37. The molecule has 1 radical (unpaired) electrons. The first kappa shape index (κ1) is 12.9. The lowest BCUT2D eigenvalue weighted by Gasteiger charge is -2.12. The van der Waals surface area contributed by atoms with E-state index >= 15 is 0 Å². The molecule has 4 heteroatoms. The second-order valence-electron chi connectivity index (χ2n) is 4.63. The van der Waals surface area contributed by atoms with Crippen LogP contribution in [0.3, 0.4) is 0 Å². The summed E-state index contributed by atoms with van der Waals surface area (Å²) < 4.78 is 5.37. The molecular formula is C14H18NO3. The molecule has 97 valence electrons. The summed E-state index contributed by atoms with van der Waals surface area (Å²) in [7, 11) is 0. The number of hydrogen-bond donors (Lipinski definition) is 1. The third-order valence-electron chi connectivity index (χ3n) is 3.16. The summed E-state index contributed by atoms with van der Waals surface area (Å²) >= 11 is 0. The van der Waals surface area contributed by atoms with E-state index in [2.05, 4.69) is 5.32 Å². The Hall–Kier alpha value is -1.55. The van der Waals surface area contributed by atoms with Gasteiger partial charge in [-0.3, -0.25) is 4.79 Å². The molecule has 1 saturated carbocycles. The van der Waals surface area contributed by atoms with Gasteiger partial charge in [0.2, 0.25) is 0 Å². The number of carbonyl (C=O) groups is 1. The van der Waals surface area contributed by atoms with Gasteiger partial charge >= 0.3 is 0 Å². The molecule has 0 heterocycles. The largest absolute Gasteiger partial charge is 0.484 e. The highest BCUT2D eigenvalue weighted by Crippen LogP contribution is 2.17. The summed E-state index contributed by atoms with van der Waals surface area (Å²) in [6, 6.07) is 7.25. The number of hydrogen-bond acceptors (Lipinski definition) is 2. The van der Waals surface area contributed by atoms with E-state index in [9.17, 15) is 9.90 Å². The summed E-state index contributed by atoms with van der Waals surface area (Å²) in [5, 5.41) is 13.7. The fourth-order valence-electron chi connectivity index (χ4n) is 2.21. The van der Waals surface area contributed by atoms with Crippen LogP contribution in [0.1, 0.15) is 31.2 Å². The van der Waals surface area contributed by atoms with Crippen molar-refractivity contribution >= 4 is 5.91 Å². The minimum Gasteiger partial charge on any atom is -0.484 e. The Morgan fingerprint density at radius 1 is 1.33 bits per heavy atom. The van der Waals surface area contributed by atoms with Crippen LogP contribution in [-0.4, -0.2) is 18.6 Å². The van der Waals surface area contributed by atoms with E-state index in [0.29, 0.717) is 17.4 Å². The summed E-state index contributed by atoms with van der Waals surface area (Å²) in [4.78, 5) is 11.6. The maximum absolute atomic E-state index is 11.6. The Kier molecular flexibility index (Phi) is 4.59. The fourth-order valence-corrected chi connectivity index (χ4v) is 2.21. The highest BCUT2D eigenvalue weighted by molar-refractivity contribution is 5.77. The SMILES string of the molecule is [O]Cc1cccc(OCC(=O)NC2CCCC2)c1. The third-order valence-corrected chi connectivity index (χ3v) is 3.16. The van der Waals surface area contributed by atoms with Crippen molar-refractivity contribution in [2.24, 2.45) is 0 Å². The van der Waals surface area contributed by atoms with Crippen LogP contribution in [0.15, 0.2) is 24.3 Å². The molecule has 0 aromatic heterocycles. The quantitative estimate of drug-likeness (QED) is 0.867. The fraction of sp³-hybridized carbons (Fsp3) is 0.500. The standard InChI is InChI=1S/C14H18NO3/c16-9-11-4-3-7-13(8-11)18-10-14(17)15-12-5-1-2-6-12/h3-4,7-8,12H,1-2,5-6,9-10H2,(H,15,17).